The van der Waals surface area contributed by atoms with Crippen LogP contribution in [0.25, 0.3) is 38.3 Å². The van der Waals surface area contributed by atoms with Gasteiger partial charge in [0, 0.05) is 50.1 Å². The smallest absolute Gasteiger partial charge is 0.252 e. The predicted octanol–water partition coefficient (Wildman–Crippen LogP) is 10.3. The van der Waals surface area contributed by atoms with Crippen molar-refractivity contribution in [1.29, 1.82) is 0 Å². The maximum atomic E-state index is 2.84. The van der Waals surface area contributed by atoms with Crippen LogP contribution in [0.2, 0.25) is 0 Å². The maximum Gasteiger partial charge on any atom is 0.252 e. The number of nitrogens with zero attached hydrogens (tertiary/aromatic N) is 3. The van der Waals surface area contributed by atoms with Crippen molar-refractivity contribution in [2.24, 2.45) is 0 Å². The number of para-hydroxylation sites is 4. The molecule has 8 aromatic rings. The molecule has 2 atom stereocenters. The van der Waals surface area contributed by atoms with Crippen molar-refractivity contribution in [1.82, 2.24) is 4.57 Å². The van der Waals surface area contributed by atoms with Crippen LogP contribution in [0.1, 0.15) is 45.1 Å². The Balaban J connectivity index is 1.27. The van der Waals surface area contributed by atoms with E-state index >= 15 is 0 Å². The summed E-state index contributed by atoms with van der Waals surface area (Å²) in [6, 6.07) is 54.9. The van der Waals surface area contributed by atoms with Gasteiger partial charge in [-0.25, -0.2) is 0 Å². The van der Waals surface area contributed by atoms with Crippen LogP contribution in [0.3, 0.4) is 0 Å². The van der Waals surface area contributed by atoms with Gasteiger partial charge < -0.3 is 14.4 Å². The Kier molecular flexibility index (Phi) is 5.55. The molecule has 0 amide bonds. The van der Waals surface area contributed by atoms with Gasteiger partial charge in [-0.15, -0.1) is 0 Å². The van der Waals surface area contributed by atoms with Crippen LogP contribution in [0.4, 0.5) is 28.4 Å². The molecule has 1 aromatic heterocycles. The standard InChI is InChI=1S/C48H38BN3/c1-47-27-11-12-28-48(47,2)52-42-30-34(50(32-16-5-3-6-17-32)33-18-7-4-8-19-33)29-41-44(42)49(39-24-14-22-37(47)46(39)52)38-23-13-21-36-43-35-20-10-9-15-31(35)25-26-40(43)51(41)45(36)38/h3-10,13-26,29-30H,11-12,27-28H2,1-2H3. The second-order valence-electron chi connectivity index (χ2n) is 16.0. The lowest BCUT2D eigenvalue weighted by molar-refractivity contribution is 0.195. The van der Waals surface area contributed by atoms with E-state index in [1.54, 1.807) is 0 Å². The molecule has 248 valence electrons. The van der Waals surface area contributed by atoms with Gasteiger partial charge in [-0.1, -0.05) is 123 Å². The molecule has 7 aromatic carbocycles. The average molecular weight is 668 g/mol. The van der Waals surface area contributed by atoms with Crippen LogP contribution in [-0.4, -0.2) is 16.8 Å². The SMILES string of the molecule is CC12CCCCC1(C)N1c3cc(N(c4ccccc4)c4ccccc4)cc4c3B(c3cccc2c31)c1cccc2c3c5ccccc5ccc3n-4c12. The molecular weight excluding hydrogens is 629 g/mol. The van der Waals surface area contributed by atoms with Crippen molar-refractivity contribution in [2.45, 2.75) is 50.5 Å². The number of rotatable bonds is 3. The molecule has 12 rings (SSSR count). The molecule has 1 aliphatic carbocycles. The molecule has 0 spiro atoms. The zero-order valence-corrected chi connectivity index (χ0v) is 29.6. The van der Waals surface area contributed by atoms with Gasteiger partial charge in [-0.2, -0.15) is 0 Å². The molecule has 1 saturated carbocycles. The minimum atomic E-state index is -0.0351. The van der Waals surface area contributed by atoms with Gasteiger partial charge in [0.25, 0.3) is 6.71 Å². The van der Waals surface area contributed by atoms with Gasteiger partial charge in [0.15, 0.2) is 0 Å². The van der Waals surface area contributed by atoms with Crippen molar-refractivity contribution in [3.05, 3.63) is 151 Å². The van der Waals surface area contributed by atoms with Crippen LogP contribution >= 0.6 is 0 Å². The molecule has 3 nitrogen and oxygen atoms in total. The first-order valence-electron chi connectivity index (χ1n) is 19.0. The van der Waals surface area contributed by atoms with E-state index in [2.05, 4.69) is 174 Å². The van der Waals surface area contributed by atoms with E-state index in [1.807, 2.05) is 0 Å². The quantitative estimate of drug-likeness (QED) is 0.174. The molecule has 4 heteroatoms. The summed E-state index contributed by atoms with van der Waals surface area (Å²) in [6.45, 7) is 5.29. The third kappa shape index (κ3) is 3.39. The summed E-state index contributed by atoms with van der Waals surface area (Å²) in [5, 5.41) is 5.29. The second kappa shape index (κ2) is 9.98. The van der Waals surface area contributed by atoms with Crippen LogP contribution in [0.15, 0.2) is 146 Å². The maximum absolute atomic E-state index is 2.84. The summed E-state index contributed by atoms with van der Waals surface area (Å²) < 4.78 is 2.63. The first kappa shape index (κ1) is 28.9. The van der Waals surface area contributed by atoms with Crippen molar-refractivity contribution in [2.75, 3.05) is 9.80 Å². The molecule has 1 fully saturated rings. The van der Waals surface area contributed by atoms with E-state index < -0.39 is 0 Å². The lowest BCUT2D eigenvalue weighted by Crippen LogP contribution is -2.64. The fraction of sp³-hybridized carbons (Fsp3) is 0.167. The highest BCUT2D eigenvalue weighted by Crippen LogP contribution is 2.61. The molecule has 4 aliphatic rings. The molecule has 4 heterocycles. The average Bonchev–Trinajstić information content (AvgIpc) is 3.64. The monoisotopic (exact) mass is 667 g/mol. The first-order valence-corrected chi connectivity index (χ1v) is 19.0. The Bertz CT molecular complexity index is 2760. The number of fused-ring (bicyclic) bond motifs is 12. The lowest BCUT2D eigenvalue weighted by atomic mass is 9.33. The lowest BCUT2D eigenvalue weighted by Gasteiger charge is -2.52. The summed E-state index contributed by atoms with van der Waals surface area (Å²) >= 11 is 0. The van der Waals surface area contributed by atoms with Crippen molar-refractivity contribution in [3.63, 3.8) is 0 Å². The van der Waals surface area contributed by atoms with Gasteiger partial charge in [0.2, 0.25) is 0 Å². The number of hydrogen-bond donors (Lipinski definition) is 0. The number of benzene rings is 7. The Labute approximate surface area is 304 Å². The van der Waals surface area contributed by atoms with E-state index in [0.717, 1.165) is 11.4 Å². The second-order valence-corrected chi connectivity index (χ2v) is 16.0. The van der Waals surface area contributed by atoms with Crippen LogP contribution in [0, 0.1) is 0 Å². The third-order valence-corrected chi connectivity index (χ3v) is 13.7. The Hall–Kier alpha value is -5.74. The van der Waals surface area contributed by atoms with Gasteiger partial charge in [-0.05, 0) is 95.0 Å². The summed E-state index contributed by atoms with van der Waals surface area (Å²) in [5.74, 6) is 0. The number of anilines is 5. The van der Waals surface area contributed by atoms with E-state index in [4.69, 9.17) is 0 Å². The predicted molar refractivity (Wildman–Crippen MR) is 220 cm³/mol. The molecule has 0 N–H and O–H groups in total. The van der Waals surface area contributed by atoms with Crippen LogP contribution in [-0.2, 0) is 5.41 Å². The summed E-state index contributed by atoms with van der Waals surface area (Å²) in [6.07, 6.45) is 4.94. The van der Waals surface area contributed by atoms with Crippen LogP contribution in [0.5, 0.6) is 0 Å². The molecule has 2 unspecified atom stereocenters. The Morgan fingerprint density at radius 1 is 0.596 bits per heavy atom. The van der Waals surface area contributed by atoms with E-state index in [0.29, 0.717) is 0 Å². The topological polar surface area (TPSA) is 11.4 Å². The third-order valence-electron chi connectivity index (χ3n) is 13.7. The molecular formula is C48H38BN3. The first-order chi connectivity index (χ1) is 25.6. The largest absolute Gasteiger partial charge is 0.335 e. The highest BCUT2D eigenvalue weighted by Gasteiger charge is 2.61. The Morgan fingerprint density at radius 3 is 2.08 bits per heavy atom. The van der Waals surface area contributed by atoms with Gasteiger partial charge in [0.1, 0.15) is 0 Å². The van der Waals surface area contributed by atoms with Crippen molar-refractivity contribution in [3.8, 4) is 5.69 Å². The minimum absolute atomic E-state index is 0.0351. The summed E-state index contributed by atoms with van der Waals surface area (Å²) in [4.78, 5) is 5.31. The number of hydrogen-bond acceptors (Lipinski definition) is 2. The van der Waals surface area contributed by atoms with Crippen molar-refractivity contribution < 1.29 is 0 Å². The summed E-state index contributed by atoms with van der Waals surface area (Å²) in [5.41, 5.74) is 16.2. The Morgan fingerprint density at radius 2 is 1.27 bits per heavy atom. The number of aromatic nitrogens is 1. The van der Waals surface area contributed by atoms with E-state index in [9.17, 15) is 0 Å². The van der Waals surface area contributed by atoms with Gasteiger partial charge in [0.05, 0.1) is 16.7 Å². The molecule has 0 radical (unpaired) electrons. The van der Waals surface area contributed by atoms with Crippen molar-refractivity contribution >= 4 is 84.1 Å². The summed E-state index contributed by atoms with van der Waals surface area (Å²) in [7, 11) is 0. The molecule has 0 bridgehead atoms. The highest BCUT2D eigenvalue weighted by atomic mass is 15.3. The normalized spacial score (nSPS) is 20.7. The van der Waals surface area contributed by atoms with E-state index in [1.165, 1.54) is 103 Å². The van der Waals surface area contributed by atoms with Gasteiger partial charge in [-0.3, -0.25) is 0 Å². The zero-order valence-electron chi connectivity index (χ0n) is 29.6. The van der Waals surface area contributed by atoms with Gasteiger partial charge >= 0.3 is 0 Å². The highest BCUT2D eigenvalue weighted by molar-refractivity contribution is 7.00. The van der Waals surface area contributed by atoms with E-state index in [-0.39, 0.29) is 17.7 Å². The molecule has 0 saturated heterocycles. The van der Waals surface area contributed by atoms with Crippen LogP contribution < -0.4 is 26.2 Å². The minimum Gasteiger partial charge on any atom is -0.335 e. The molecule has 3 aliphatic heterocycles. The fourth-order valence-corrected chi connectivity index (χ4v) is 11.2. The zero-order chi connectivity index (χ0) is 34.3. The molecule has 52 heavy (non-hydrogen) atoms. The fourth-order valence-electron chi connectivity index (χ4n) is 11.2.